The third-order valence-corrected chi connectivity index (χ3v) is 4.04. The highest BCUT2D eigenvalue weighted by atomic mass is 35.5. The predicted molar refractivity (Wildman–Crippen MR) is 86.2 cm³/mol. The Labute approximate surface area is 138 Å². The first-order chi connectivity index (χ1) is 9.52. The highest BCUT2D eigenvalue weighted by molar-refractivity contribution is 6.42. The van der Waals surface area contributed by atoms with Gasteiger partial charge in [0.05, 0.1) is 31.8 Å². The van der Waals surface area contributed by atoms with Gasteiger partial charge in [0.15, 0.2) is 0 Å². The molecule has 2 aromatic rings. The fourth-order valence-corrected chi connectivity index (χ4v) is 2.70. The van der Waals surface area contributed by atoms with Crippen LogP contribution >= 0.6 is 46.4 Å². The zero-order chi connectivity index (χ0) is 14.7. The van der Waals surface area contributed by atoms with E-state index < -0.39 is 0 Å². The van der Waals surface area contributed by atoms with Gasteiger partial charge >= 0.3 is 0 Å². The van der Waals surface area contributed by atoms with Gasteiger partial charge < -0.3 is 5.32 Å². The van der Waals surface area contributed by atoms with Crippen LogP contribution in [0.1, 0.15) is 24.2 Å². The van der Waals surface area contributed by atoms with Crippen LogP contribution in [-0.4, -0.2) is 11.5 Å². The van der Waals surface area contributed by atoms with E-state index in [1.807, 2.05) is 19.1 Å². The third-order valence-electron chi connectivity index (χ3n) is 2.79. The molecule has 1 unspecified atom stereocenters. The molecule has 6 heteroatoms. The van der Waals surface area contributed by atoms with Gasteiger partial charge in [0.1, 0.15) is 0 Å². The molecular formula is C14H12Cl4N2. The van der Waals surface area contributed by atoms with Gasteiger partial charge in [0.25, 0.3) is 0 Å². The Morgan fingerprint density at radius 3 is 2.40 bits per heavy atom. The fourth-order valence-electron chi connectivity index (χ4n) is 1.91. The van der Waals surface area contributed by atoms with Crippen LogP contribution in [-0.2, 0) is 0 Å². The Morgan fingerprint density at radius 2 is 1.80 bits per heavy atom. The monoisotopic (exact) mass is 348 g/mol. The Kier molecular flexibility index (Phi) is 5.53. The van der Waals surface area contributed by atoms with Crippen molar-refractivity contribution in [3.8, 4) is 0 Å². The molecule has 0 bridgehead atoms. The lowest BCUT2D eigenvalue weighted by Gasteiger charge is -2.19. The van der Waals surface area contributed by atoms with Crippen LogP contribution in [0.25, 0.3) is 0 Å². The molecule has 0 amide bonds. The molecule has 2 nitrogen and oxygen atoms in total. The van der Waals surface area contributed by atoms with Gasteiger partial charge in [-0.1, -0.05) is 59.4 Å². The number of nitrogens with zero attached hydrogens (tertiary/aromatic N) is 1. The van der Waals surface area contributed by atoms with E-state index in [0.717, 1.165) is 12.1 Å². The normalized spacial score (nSPS) is 12.4. The summed E-state index contributed by atoms with van der Waals surface area (Å²) in [5.41, 5.74) is 1.65. The maximum Gasteiger partial charge on any atom is 0.0805 e. The summed E-state index contributed by atoms with van der Waals surface area (Å²) in [6.45, 7) is 2.76. The standard InChI is InChI=1S/C14H12Cl4N2/c1-2-19-13(8-3-4-10(16)11(17)5-8)14-12(18)6-9(15)7-20-14/h3-7,13,19H,2H2,1H3. The number of nitrogens with one attached hydrogen (secondary N) is 1. The van der Waals surface area contributed by atoms with E-state index in [4.69, 9.17) is 46.4 Å². The summed E-state index contributed by atoms with van der Waals surface area (Å²) in [6.07, 6.45) is 1.57. The van der Waals surface area contributed by atoms with Crippen molar-refractivity contribution in [3.05, 3.63) is 61.8 Å². The number of rotatable bonds is 4. The zero-order valence-electron chi connectivity index (χ0n) is 10.6. The van der Waals surface area contributed by atoms with Crippen LogP contribution in [0.4, 0.5) is 0 Å². The molecule has 1 heterocycles. The Morgan fingerprint density at radius 1 is 1.05 bits per heavy atom. The molecule has 0 saturated carbocycles. The van der Waals surface area contributed by atoms with Crippen LogP contribution in [0.2, 0.25) is 20.1 Å². The molecule has 0 aliphatic carbocycles. The summed E-state index contributed by atoms with van der Waals surface area (Å²) < 4.78 is 0. The van der Waals surface area contributed by atoms with Crippen molar-refractivity contribution in [3.63, 3.8) is 0 Å². The lowest BCUT2D eigenvalue weighted by molar-refractivity contribution is 0.616. The molecule has 2 rings (SSSR count). The molecule has 1 atom stereocenters. The van der Waals surface area contributed by atoms with Crippen molar-refractivity contribution < 1.29 is 0 Å². The van der Waals surface area contributed by atoms with Crippen LogP contribution in [0.3, 0.4) is 0 Å². The molecular weight excluding hydrogens is 338 g/mol. The van der Waals surface area contributed by atoms with E-state index in [-0.39, 0.29) is 6.04 Å². The van der Waals surface area contributed by atoms with E-state index in [1.54, 1.807) is 18.3 Å². The van der Waals surface area contributed by atoms with E-state index in [2.05, 4.69) is 10.3 Å². The highest BCUT2D eigenvalue weighted by Crippen LogP contribution is 2.31. The summed E-state index contributed by atoms with van der Waals surface area (Å²) in [6, 6.07) is 6.97. The summed E-state index contributed by atoms with van der Waals surface area (Å²) in [4.78, 5) is 4.32. The number of hydrogen-bond acceptors (Lipinski definition) is 2. The Hall–Kier alpha value is -0.510. The maximum atomic E-state index is 6.23. The summed E-state index contributed by atoms with van der Waals surface area (Å²) >= 11 is 24.1. The summed E-state index contributed by atoms with van der Waals surface area (Å²) in [5.74, 6) is 0. The highest BCUT2D eigenvalue weighted by Gasteiger charge is 2.18. The Balaban J connectivity index is 2.47. The SMILES string of the molecule is CCNC(c1ccc(Cl)c(Cl)c1)c1ncc(Cl)cc1Cl. The first-order valence-electron chi connectivity index (χ1n) is 6.02. The van der Waals surface area contributed by atoms with Crippen molar-refractivity contribution in [2.24, 2.45) is 0 Å². The van der Waals surface area contributed by atoms with Gasteiger partial charge in [-0.3, -0.25) is 4.98 Å². The van der Waals surface area contributed by atoms with Crippen molar-refractivity contribution >= 4 is 46.4 Å². The van der Waals surface area contributed by atoms with Gasteiger partial charge in [0, 0.05) is 6.20 Å². The number of aromatic nitrogens is 1. The molecule has 0 aliphatic rings. The van der Waals surface area contributed by atoms with Crippen molar-refractivity contribution in [2.45, 2.75) is 13.0 Å². The van der Waals surface area contributed by atoms with Crippen molar-refractivity contribution in [2.75, 3.05) is 6.54 Å². The van der Waals surface area contributed by atoms with Gasteiger partial charge in [-0.2, -0.15) is 0 Å². The molecule has 20 heavy (non-hydrogen) atoms. The van der Waals surface area contributed by atoms with Crippen LogP contribution < -0.4 is 5.32 Å². The summed E-state index contributed by atoms with van der Waals surface area (Å²) in [7, 11) is 0. The first kappa shape index (κ1) is 15.9. The van der Waals surface area contributed by atoms with Crippen LogP contribution in [0.5, 0.6) is 0 Å². The second-order valence-corrected chi connectivity index (χ2v) is 5.84. The Bertz CT molecular complexity index is 616. The number of pyridine rings is 1. The largest absolute Gasteiger partial charge is 0.305 e. The number of halogens is 4. The molecule has 0 radical (unpaired) electrons. The van der Waals surface area contributed by atoms with Gasteiger partial charge in [-0.15, -0.1) is 0 Å². The molecule has 0 aliphatic heterocycles. The van der Waals surface area contributed by atoms with E-state index in [0.29, 0.717) is 25.8 Å². The van der Waals surface area contributed by atoms with Crippen molar-refractivity contribution in [1.29, 1.82) is 0 Å². The minimum atomic E-state index is -0.167. The van der Waals surface area contributed by atoms with Crippen molar-refractivity contribution in [1.82, 2.24) is 10.3 Å². The van der Waals surface area contributed by atoms with Crippen LogP contribution in [0.15, 0.2) is 30.5 Å². The third kappa shape index (κ3) is 3.57. The molecule has 1 aromatic carbocycles. The smallest absolute Gasteiger partial charge is 0.0805 e. The second kappa shape index (κ2) is 6.97. The number of hydrogen-bond donors (Lipinski definition) is 1. The molecule has 0 spiro atoms. The molecule has 106 valence electrons. The predicted octanol–water partition coefficient (Wildman–Crippen LogP) is 5.39. The van der Waals surface area contributed by atoms with Gasteiger partial charge in [-0.05, 0) is 30.3 Å². The van der Waals surface area contributed by atoms with E-state index >= 15 is 0 Å². The number of benzene rings is 1. The molecule has 1 aromatic heterocycles. The minimum absolute atomic E-state index is 0.167. The lowest BCUT2D eigenvalue weighted by Crippen LogP contribution is -2.23. The average Bonchev–Trinajstić information content (AvgIpc) is 2.40. The van der Waals surface area contributed by atoms with Gasteiger partial charge in [0.2, 0.25) is 0 Å². The maximum absolute atomic E-state index is 6.23. The van der Waals surface area contributed by atoms with Gasteiger partial charge in [-0.25, -0.2) is 0 Å². The lowest BCUT2D eigenvalue weighted by atomic mass is 10.0. The topological polar surface area (TPSA) is 24.9 Å². The van der Waals surface area contributed by atoms with E-state index in [1.165, 1.54) is 0 Å². The second-order valence-electron chi connectivity index (χ2n) is 4.18. The molecule has 0 fully saturated rings. The molecule has 1 N–H and O–H groups in total. The van der Waals surface area contributed by atoms with Crippen LogP contribution in [0, 0.1) is 0 Å². The minimum Gasteiger partial charge on any atom is -0.305 e. The van der Waals surface area contributed by atoms with E-state index in [9.17, 15) is 0 Å². The average molecular weight is 350 g/mol. The quantitative estimate of drug-likeness (QED) is 0.799. The summed E-state index contributed by atoms with van der Waals surface area (Å²) in [5, 5.41) is 5.35. The fraction of sp³-hybridized carbons (Fsp3) is 0.214. The zero-order valence-corrected chi connectivity index (χ0v) is 13.7. The first-order valence-corrected chi connectivity index (χ1v) is 7.53. The molecule has 0 saturated heterocycles.